The third-order valence-electron chi connectivity index (χ3n) is 5.50. The minimum Gasteiger partial charge on any atom is -0.492 e. The van der Waals surface area contributed by atoms with Crippen LogP contribution >= 0.6 is 0 Å². The van der Waals surface area contributed by atoms with E-state index in [1.165, 1.54) is 12.1 Å². The lowest BCUT2D eigenvalue weighted by Crippen LogP contribution is -2.49. The number of ether oxygens (including phenoxy) is 1. The average Bonchev–Trinajstić information content (AvgIpc) is 3.27. The quantitative estimate of drug-likeness (QED) is 0.571. The number of carbonyl (C=O) groups is 1. The van der Waals surface area contributed by atoms with Crippen LogP contribution in [0.2, 0.25) is 0 Å². The first-order valence-electron chi connectivity index (χ1n) is 10.6. The summed E-state index contributed by atoms with van der Waals surface area (Å²) in [6, 6.07) is 14.1. The molecule has 1 aliphatic rings. The van der Waals surface area contributed by atoms with Crippen LogP contribution in [0, 0.1) is 5.82 Å². The number of amides is 1. The van der Waals surface area contributed by atoms with Crippen LogP contribution in [0.1, 0.15) is 18.9 Å². The lowest BCUT2D eigenvalue weighted by molar-refractivity contribution is -0.131. The molecule has 4 rings (SSSR count). The number of hydrogen-bond donors (Lipinski definition) is 0. The van der Waals surface area contributed by atoms with Crippen molar-refractivity contribution < 1.29 is 18.4 Å². The van der Waals surface area contributed by atoms with Crippen LogP contribution in [0.4, 0.5) is 10.1 Å². The number of halogens is 1. The predicted octanol–water partition coefficient (Wildman–Crippen LogP) is 4.16. The summed E-state index contributed by atoms with van der Waals surface area (Å²) in [4.78, 5) is 17.0. The van der Waals surface area contributed by atoms with E-state index in [4.69, 9.17) is 9.26 Å². The van der Waals surface area contributed by atoms with Gasteiger partial charge in [-0.1, -0.05) is 17.3 Å². The lowest BCUT2D eigenvalue weighted by Gasteiger charge is -2.36. The minimum atomic E-state index is -0.303. The molecule has 1 aromatic heterocycles. The molecule has 0 saturated carbocycles. The Balaban J connectivity index is 1.33. The van der Waals surface area contributed by atoms with Gasteiger partial charge in [0.2, 0.25) is 5.91 Å². The van der Waals surface area contributed by atoms with Crippen molar-refractivity contribution in [2.24, 2.45) is 0 Å². The fourth-order valence-corrected chi connectivity index (χ4v) is 3.87. The van der Waals surface area contributed by atoms with E-state index >= 15 is 0 Å². The van der Waals surface area contributed by atoms with Crippen LogP contribution in [0.3, 0.4) is 0 Å². The summed E-state index contributed by atoms with van der Waals surface area (Å²) < 4.78 is 24.3. The smallest absolute Gasteiger partial charge is 0.223 e. The number of para-hydroxylation sites is 2. The Labute approximate surface area is 181 Å². The third kappa shape index (κ3) is 4.87. The number of hydrogen-bond acceptors (Lipinski definition) is 5. The van der Waals surface area contributed by atoms with Crippen LogP contribution < -0.4 is 9.64 Å². The number of nitrogens with zero attached hydrogens (tertiary/aromatic N) is 3. The summed E-state index contributed by atoms with van der Waals surface area (Å²) in [6.45, 7) is 5.48. The van der Waals surface area contributed by atoms with Gasteiger partial charge in [0.15, 0.2) is 5.76 Å². The summed E-state index contributed by atoms with van der Waals surface area (Å²) >= 11 is 0. The molecule has 0 radical (unpaired) electrons. The van der Waals surface area contributed by atoms with Crippen LogP contribution in [0.15, 0.2) is 59.3 Å². The van der Waals surface area contributed by atoms with Crippen LogP contribution in [0.25, 0.3) is 11.3 Å². The van der Waals surface area contributed by atoms with E-state index in [9.17, 15) is 9.18 Å². The van der Waals surface area contributed by atoms with E-state index in [0.29, 0.717) is 38.3 Å². The van der Waals surface area contributed by atoms with Crippen LogP contribution in [-0.2, 0) is 11.2 Å². The maximum absolute atomic E-state index is 13.2. The number of aryl methyl sites for hydroxylation is 1. The van der Waals surface area contributed by atoms with Gasteiger partial charge in [0.05, 0.1) is 18.5 Å². The molecule has 31 heavy (non-hydrogen) atoms. The van der Waals surface area contributed by atoms with Crippen LogP contribution in [-0.4, -0.2) is 48.7 Å². The average molecular weight is 423 g/mol. The molecule has 0 aliphatic carbocycles. The Kier molecular flexibility index (Phi) is 6.50. The second-order valence-corrected chi connectivity index (χ2v) is 7.46. The Morgan fingerprint density at radius 3 is 2.58 bits per heavy atom. The maximum atomic E-state index is 13.2. The number of anilines is 1. The zero-order valence-electron chi connectivity index (χ0n) is 17.6. The van der Waals surface area contributed by atoms with Crippen molar-refractivity contribution in [2.45, 2.75) is 19.8 Å². The van der Waals surface area contributed by atoms with E-state index in [-0.39, 0.29) is 11.7 Å². The molecular formula is C24H26FN3O3. The molecule has 0 bridgehead atoms. The van der Waals surface area contributed by atoms with Crippen molar-refractivity contribution in [3.63, 3.8) is 0 Å². The van der Waals surface area contributed by atoms with E-state index in [1.54, 1.807) is 18.3 Å². The normalized spacial score (nSPS) is 14.0. The fourth-order valence-electron chi connectivity index (χ4n) is 3.87. The highest BCUT2D eigenvalue weighted by Gasteiger charge is 2.23. The second-order valence-electron chi connectivity index (χ2n) is 7.46. The van der Waals surface area contributed by atoms with E-state index in [0.717, 1.165) is 35.7 Å². The number of aromatic nitrogens is 1. The van der Waals surface area contributed by atoms with E-state index in [2.05, 4.69) is 16.1 Å². The topological polar surface area (TPSA) is 58.8 Å². The predicted molar refractivity (Wildman–Crippen MR) is 117 cm³/mol. The molecule has 1 aliphatic heterocycles. The van der Waals surface area contributed by atoms with Crippen molar-refractivity contribution in [3.8, 4) is 17.1 Å². The molecule has 1 amide bonds. The van der Waals surface area contributed by atoms with E-state index < -0.39 is 0 Å². The van der Waals surface area contributed by atoms with Gasteiger partial charge in [0, 0.05) is 43.7 Å². The minimum absolute atomic E-state index is 0.115. The molecule has 2 aromatic carbocycles. The molecule has 0 spiro atoms. The Morgan fingerprint density at radius 1 is 1.10 bits per heavy atom. The monoisotopic (exact) mass is 423 g/mol. The summed E-state index contributed by atoms with van der Waals surface area (Å²) in [5, 5.41) is 3.87. The van der Waals surface area contributed by atoms with Crippen molar-refractivity contribution >= 4 is 11.6 Å². The Bertz CT molecular complexity index is 1010. The molecule has 3 aromatic rings. The third-order valence-corrected chi connectivity index (χ3v) is 5.50. The van der Waals surface area contributed by atoms with Gasteiger partial charge in [-0.25, -0.2) is 4.39 Å². The number of piperazine rings is 1. The summed E-state index contributed by atoms with van der Waals surface area (Å²) in [6.07, 6.45) is 2.54. The van der Waals surface area contributed by atoms with Gasteiger partial charge in [0.1, 0.15) is 11.6 Å². The lowest BCUT2D eigenvalue weighted by atomic mass is 10.0. The van der Waals surface area contributed by atoms with Gasteiger partial charge in [-0.05, 0) is 49.7 Å². The molecule has 0 atom stereocenters. The molecule has 0 N–H and O–H groups in total. The zero-order valence-corrected chi connectivity index (χ0v) is 17.6. The number of benzene rings is 2. The number of rotatable bonds is 7. The van der Waals surface area contributed by atoms with Gasteiger partial charge >= 0.3 is 0 Å². The first kappa shape index (κ1) is 20.9. The molecule has 162 valence electrons. The molecule has 1 saturated heterocycles. The molecule has 7 heteroatoms. The Hall–Kier alpha value is -3.35. The van der Waals surface area contributed by atoms with Crippen molar-refractivity contribution in [3.05, 3.63) is 66.1 Å². The highest BCUT2D eigenvalue weighted by atomic mass is 19.1. The number of carbonyl (C=O) groups excluding carboxylic acids is 1. The van der Waals surface area contributed by atoms with Crippen molar-refractivity contribution in [1.82, 2.24) is 10.1 Å². The summed E-state index contributed by atoms with van der Waals surface area (Å²) in [5.41, 5.74) is 2.68. The van der Waals surface area contributed by atoms with Crippen molar-refractivity contribution in [1.29, 1.82) is 0 Å². The molecule has 6 nitrogen and oxygen atoms in total. The first-order valence-corrected chi connectivity index (χ1v) is 10.6. The van der Waals surface area contributed by atoms with Gasteiger partial charge in [-0.15, -0.1) is 0 Å². The first-order chi connectivity index (χ1) is 15.2. The van der Waals surface area contributed by atoms with E-state index in [1.807, 2.05) is 30.0 Å². The highest BCUT2D eigenvalue weighted by Crippen LogP contribution is 2.29. The van der Waals surface area contributed by atoms with Gasteiger partial charge in [0.25, 0.3) is 0 Å². The van der Waals surface area contributed by atoms with Gasteiger partial charge < -0.3 is 19.1 Å². The SMILES string of the molecule is CCOc1ccccc1N1CCN(C(=O)CCc2cnoc2-c2ccc(F)cc2)CC1. The Morgan fingerprint density at radius 2 is 1.84 bits per heavy atom. The highest BCUT2D eigenvalue weighted by molar-refractivity contribution is 5.77. The largest absolute Gasteiger partial charge is 0.492 e. The second kappa shape index (κ2) is 9.64. The molecule has 0 unspecified atom stereocenters. The molecule has 1 fully saturated rings. The summed E-state index contributed by atoms with van der Waals surface area (Å²) in [7, 11) is 0. The van der Waals surface area contributed by atoms with Crippen LogP contribution in [0.5, 0.6) is 5.75 Å². The van der Waals surface area contributed by atoms with Gasteiger partial charge in [-0.2, -0.15) is 0 Å². The maximum Gasteiger partial charge on any atom is 0.223 e. The van der Waals surface area contributed by atoms with Gasteiger partial charge in [-0.3, -0.25) is 4.79 Å². The standard InChI is InChI=1S/C24H26FN3O3/c1-2-30-22-6-4-3-5-21(22)27-13-15-28(16-14-27)23(29)12-9-19-17-26-31-24(19)18-7-10-20(25)11-8-18/h3-8,10-11,17H,2,9,12-16H2,1H3. The fraction of sp³-hybridized carbons (Fsp3) is 0.333. The molecule has 2 heterocycles. The van der Waals surface area contributed by atoms with Crippen molar-refractivity contribution in [2.75, 3.05) is 37.7 Å². The summed E-state index contributed by atoms with van der Waals surface area (Å²) in [5.74, 6) is 1.28. The molecular weight excluding hydrogens is 397 g/mol. The zero-order chi connectivity index (χ0) is 21.6.